The van der Waals surface area contributed by atoms with Gasteiger partial charge in [0.05, 0.1) is 13.2 Å². The Bertz CT molecular complexity index is 906. The van der Waals surface area contributed by atoms with E-state index in [0.717, 1.165) is 18.4 Å². The second-order valence-corrected chi connectivity index (χ2v) is 10.2. The number of fused-ring (bicyclic) bond motifs is 1. The number of nitrogens with zero attached hydrogens (tertiary/aromatic N) is 2. The molecule has 3 saturated heterocycles. The van der Waals surface area contributed by atoms with Gasteiger partial charge in [-0.05, 0) is 32.3 Å². The summed E-state index contributed by atoms with van der Waals surface area (Å²) in [5, 5.41) is 14.0. The van der Waals surface area contributed by atoms with Gasteiger partial charge < -0.3 is 39.0 Å². The van der Waals surface area contributed by atoms with E-state index in [9.17, 15) is 14.7 Å². The first kappa shape index (κ1) is 26.6. The number of aliphatic hydroxyl groups excluding tert-OH is 1. The van der Waals surface area contributed by atoms with Crippen molar-refractivity contribution in [2.45, 2.75) is 69.2 Å². The fourth-order valence-electron chi connectivity index (χ4n) is 4.84. The maximum atomic E-state index is 12.2. The van der Waals surface area contributed by atoms with E-state index in [-0.39, 0.29) is 19.3 Å². The van der Waals surface area contributed by atoms with Crippen LogP contribution in [0.4, 0.5) is 9.59 Å². The summed E-state index contributed by atoms with van der Waals surface area (Å²) >= 11 is 0. The van der Waals surface area contributed by atoms with Crippen molar-refractivity contribution in [1.82, 2.24) is 15.1 Å². The van der Waals surface area contributed by atoms with Crippen molar-refractivity contribution in [2.24, 2.45) is 0 Å². The smallest absolute Gasteiger partial charge is 0.409 e. The van der Waals surface area contributed by atoms with E-state index >= 15 is 0 Å². The van der Waals surface area contributed by atoms with Crippen LogP contribution in [-0.2, 0) is 30.3 Å². The minimum absolute atomic E-state index is 0.00250. The summed E-state index contributed by atoms with van der Waals surface area (Å²) in [6.45, 7) is 5.51. The van der Waals surface area contributed by atoms with Gasteiger partial charge in [-0.1, -0.05) is 30.3 Å². The zero-order valence-corrected chi connectivity index (χ0v) is 21.3. The molecule has 0 saturated carbocycles. The van der Waals surface area contributed by atoms with Crippen molar-refractivity contribution < 1.29 is 38.4 Å². The molecule has 0 aromatic heterocycles. The SMILES string of the molecule is CN(C)C(=O)O[C@@H]1CO[C@@]2(CN3CCC(NC(=O)OCc4ccccc4)CC3)OC(C)(C)O[C@H]2[C@@H]1O. The first-order chi connectivity index (χ1) is 17.1. The number of nitrogens with one attached hydrogen (secondary N) is 1. The summed E-state index contributed by atoms with van der Waals surface area (Å²) in [5.74, 6) is -2.17. The lowest BCUT2D eigenvalue weighted by atomic mass is 9.95. The Morgan fingerprint density at radius 3 is 2.56 bits per heavy atom. The lowest BCUT2D eigenvalue weighted by Crippen LogP contribution is -2.64. The van der Waals surface area contributed by atoms with Crippen molar-refractivity contribution in [2.75, 3.05) is 40.3 Å². The second kappa shape index (κ2) is 10.9. The maximum absolute atomic E-state index is 12.2. The topological polar surface area (TPSA) is 119 Å². The number of likely N-dealkylation sites (tertiary alicyclic amines) is 1. The first-order valence-corrected chi connectivity index (χ1v) is 12.3. The molecule has 1 aromatic rings. The molecular formula is C25H37N3O8. The highest BCUT2D eigenvalue weighted by molar-refractivity contribution is 5.67. The molecule has 1 aromatic carbocycles. The molecule has 3 aliphatic rings. The second-order valence-electron chi connectivity index (χ2n) is 10.2. The van der Waals surface area contributed by atoms with Crippen LogP contribution in [0.5, 0.6) is 0 Å². The number of aliphatic hydroxyl groups is 1. The molecule has 11 heteroatoms. The van der Waals surface area contributed by atoms with E-state index in [4.69, 9.17) is 23.7 Å². The normalized spacial score (nSPS) is 30.3. The molecule has 0 aliphatic carbocycles. The maximum Gasteiger partial charge on any atom is 0.409 e. The van der Waals surface area contributed by atoms with Crippen molar-refractivity contribution >= 4 is 12.2 Å². The van der Waals surface area contributed by atoms with Crippen LogP contribution in [0.1, 0.15) is 32.3 Å². The molecule has 3 heterocycles. The van der Waals surface area contributed by atoms with E-state index in [1.807, 2.05) is 30.3 Å². The molecule has 0 spiro atoms. The Morgan fingerprint density at radius 1 is 1.19 bits per heavy atom. The van der Waals surface area contributed by atoms with Gasteiger partial charge in [0.25, 0.3) is 0 Å². The van der Waals surface area contributed by atoms with Crippen molar-refractivity contribution in [3.63, 3.8) is 0 Å². The van der Waals surface area contributed by atoms with Crippen LogP contribution >= 0.6 is 0 Å². The summed E-state index contributed by atoms with van der Waals surface area (Å²) in [6.07, 6.45) is -2.33. The minimum Gasteiger partial charge on any atom is -0.445 e. The molecule has 4 rings (SSSR count). The number of carbonyl (C=O) groups is 2. The average Bonchev–Trinajstić information content (AvgIpc) is 3.12. The molecule has 11 nitrogen and oxygen atoms in total. The number of amides is 2. The Kier molecular flexibility index (Phi) is 8.06. The van der Waals surface area contributed by atoms with Crippen LogP contribution in [-0.4, -0.2) is 103 Å². The number of piperidine rings is 1. The van der Waals surface area contributed by atoms with E-state index in [0.29, 0.717) is 19.6 Å². The predicted octanol–water partition coefficient (Wildman–Crippen LogP) is 1.68. The zero-order chi connectivity index (χ0) is 25.9. The number of hydrogen-bond acceptors (Lipinski definition) is 9. The Balaban J connectivity index is 1.29. The summed E-state index contributed by atoms with van der Waals surface area (Å²) in [7, 11) is 3.14. The molecular weight excluding hydrogens is 470 g/mol. The third kappa shape index (κ3) is 6.27. The number of carbonyl (C=O) groups excluding carboxylic acids is 2. The van der Waals surface area contributed by atoms with Gasteiger partial charge in [-0.3, -0.25) is 4.90 Å². The first-order valence-electron chi connectivity index (χ1n) is 12.3. The van der Waals surface area contributed by atoms with Gasteiger partial charge in [-0.15, -0.1) is 0 Å². The summed E-state index contributed by atoms with van der Waals surface area (Å²) in [5.41, 5.74) is 0.936. The van der Waals surface area contributed by atoms with Gasteiger partial charge in [0, 0.05) is 33.2 Å². The highest BCUT2D eigenvalue weighted by Crippen LogP contribution is 2.43. The third-order valence-corrected chi connectivity index (χ3v) is 6.63. The van der Waals surface area contributed by atoms with Gasteiger partial charge in [-0.2, -0.15) is 0 Å². The van der Waals surface area contributed by atoms with Gasteiger partial charge >= 0.3 is 12.2 Å². The Labute approximate surface area is 211 Å². The largest absolute Gasteiger partial charge is 0.445 e. The highest BCUT2D eigenvalue weighted by atomic mass is 16.8. The standard InChI is InChI=1S/C25H37N3O8/c1-24(2)35-21-20(29)19(34-23(31)27(3)4)15-33-25(21,36-24)16-28-12-10-18(11-13-28)26-22(30)32-14-17-8-6-5-7-9-17/h5-9,18-21,29H,10-16H2,1-4H3,(H,26,30)/t19-,20-,21+,25+/m1/s1. The molecule has 3 aliphatic heterocycles. The van der Waals surface area contributed by atoms with Crippen molar-refractivity contribution in [3.8, 4) is 0 Å². The lowest BCUT2D eigenvalue weighted by Gasteiger charge is -2.45. The molecule has 0 bridgehead atoms. The Hall–Kier alpha value is -2.44. The summed E-state index contributed by atoms with van der Waals surface area (Å²) in [6, 6.07) is 9.55. The molecule has 4 atom stereocenters. The molecule has 0 unspecified atom stereocenters. The number of ether oxygens (including phenoxy) is 5. The molecule has 0 radical (unpaired) electrons. The Morgan fingerprint density at radius 2 is 1.89 bits per heavy atom. The number of alkyl carbamates (subject to hydrolysis) is 1. The van der Waals surface area contributed by atoms with E-state index < -0.39 is 42.1 Å². The molecule has 36 heavy (non-hydrogen) atoms. The number of hydrogen-bond donors (Lipinski definition) is 2. The van der Waals surface area contributed by atoms with E-state index in [1.165, 1.54) is 4.90 Å². The fraction of sp³-hybridized carbons (Fsp3) is 0.680. The van der Waals surface area contributed by atoms with Crippen LogP contribution in [0.15, 0.2) is 30.3 Å². The van der Waals surface area contributed by atoms with Gasteiger partial charge in [-0.25, -0.2) is 9.59 Å². The van der Waals surface area contributed by atoms with E-state index in [1.54, 1.807) is 27.9 Å². The number of benzene rings is 1. The summed E-state index contributed by atoms with van der Waals surface area (Å²) in [4.78, 5) is 27.7. The van der Waals surface area contributed by atoms with Crippen LogP contribution < -0.4 is 5.32 Å². The minimum atomic E-state index is -1.20. The van der Waals surface area contributed by atoms with Crippen LogP contribution in [0.3, 0.4) is 0 Å². The molecule has 200 valence electrons. The van der Waals surface area contributed by atoms with Crippen molar-refractivity contribution in [3.05, 3.63) is 35.9 Å². The number of rotatable bonds is 6. The van der Waals surface area contributed by atoms with Crippen molar-refractivity contribution in [1.29, 1.82) is 0 Å². The van der Waals surface area contributed by atoms with Crippen LogP contribution in [0.25, 0.3) is 0 Å². The zero-order valence-electron chi connectivity index (χ0n) is 21.3. The monoisotopic (exact) mass is 507 g/mol. The van der Waals surface area contributed by atoms with Crippen LogP contribution in [0.2, 0.25) is 0 Å². The predicted molar refractivity (Wildman–Crippen MR) is 128 cm³/mol. The lowest BCUT2D eigenvalue weighted by molar-refractivity contribution is -0.297. The van der Waals surface area contributed by atoms with Gasteiger partial charge in [0.15, 0.2) is 11.9 Å². The molecule has 2 amide bonds. The highest BCUT2D eigenvalue weighted by Gasteiger charge is 2.62. The quantitative estimate of drug-likeness (QED) is 0.593. The van der Waals surface area contributed by atoms with Gasteiger partial charge in [0.1, 0.15) is 18.8 Å². The fourth-order valence-corrected chi connectivity index (χ4v) is 4.84. The average molecular weight is 508 g/mol. The summed E-state index contributed by atoms with van der Waals surface area (Å²) < 4.78 is 29.1. The van der Waals surface area contributed by atoms with Crippen LogP contribution in [0, 0.1) is 0 Å². The molecule has 3 fully saturated rings. The van der Waals surface area contributed by atoms with E-state index in [2.05, 4.69) is 10.2 Å². The molecule has 2 N–H and O–H groups in total. The van der Waals surface area contributed by atoms with Gasteiger partial charge in [0.2, 0.25) is 5.79 Å². The third-order valence-electron chi connectivity index (χ3n) is 6.63.